The smallest absolute Gasteiger partial charge is 0.157 e. The molecule has 2 rings (SSSR count). The monoisotopic (exact) mass is 403 g/mol. The Balaban J connectivity index is 2.10. The summed E-state index contributed by atoms with van der Waals surface area (Å²) in [6.07, 6.45) is 3.34. The predicted octanol–water partition coefficient (Wildman–Crippen LogP) is 3.87. The summed E-state index contributed by atoms with van der Waals surface area (Å²) in [6.45, 7) is 5.45. The third-order valence-corrected chi connectivity index (χ3v) is 6.25. The van der Waals surface area contributed by atoms with Crippen LogP contribution in [0.4, 0.5) is 0 Å². The average molecular weight is 404 g/mol. The number of halogens is 1. The van der Waals surface area contributed by atoms with Crippen LogP contribution in [0.2, 0.25) is 0 Å². The number of hydrogen-bond donors (Lipinski definition) is 1. The van der Waals surface area contributed by atoms with E-state index in [1.165, 1.54) is 5.56 Å². The number of nitrogens with two attached hydrogens (primary N) is 1. The summed E-state index contributed by atoms with van der Waals surface area (Å²) in [7, 11) is -1.36. The largest absolute Gasteiger partial charge is 0.353 e. The molecule has 23 heavy (non-hydrogen) atoms. The molecule has 0 amide bonds. The van der Waals surface area contributed by atoms with Gasteiger partial charge in [-0.25, -0.2) is 4.21 Å². The molecule has 2 N–H and O–H groups in total. The molecule has 1 aromatic carbocycles. The normalized spacial score (nSPS) is 19.5. The zero-order valence-electron chi connectivity index (χ0n) is 13.8. The average Bonchev–Trinajstić information content (AvgIpc) is 2.53. The molecular weight excluding hydrogens is 378 g/mol. The topological polar surface area (TPSA) is 61.6 Å². The third-order valence-electron chi connectivity index (χ3n) is 4.27. The van der Waals surface area contributed by atoms with Crippen molar-refractivity contribution < 1.29 is 13.7 Å². The zero-order chi connectivity index (χ0) is 16.9. The Hall–Kier alpha value is -0.270. The lowest BCUT2D eigenvalue weighted by molar-refractivity contribution is -0.182. The van der Waals surface area contributed by atoms with E-state index in [4.69, 9.17) is 14.6 Å². The van der Waals surface area contributed by atoms with Crippen LogP contribution >= 0.6 is 15.9 Å². The summed E-state index contributed by atoms with van der Waals surface area (Å²) in [5.41, 5.74) is 1.22. The third kappa shape index (κ3) is 5.64. The summed E-state index contributed by atoms with van der Waals surface area (Å²) in [5.74, 6) is 0.252. The van der Waals surface area contributed by atoms with Gasteiger partial charge in [-0.1, -0.05) is 34.1 Å². The molecule has 0 radical (unpaired) electrons. The molecule has 1 heterocycles. The number of hydrogen-bond acceptors (Lipinski definition) is 3. The van der Waals surface area contributed by atoms with Crippen LogP contribution in [0.3, 0.4) is 0 Å². The van der Waals surface area contributed by atoms with Gasteiger partial charge in [-0.15, -0.1) is 0 Å². The molecule has 1 saturated heterocycles. The molecule has 0 bridgehead atoms. The van der Waals surface area contributed by atoms with E-state index in [0.29, 0.717) is 0 Å². The fraction of sp³-hybridized carbons (Fsp3) is 0.647. The van der Waals surface area contributed by atoms with E-state index in [2.05, 4.69) is 22.0 Å². The molecule has 1 aliphatic rings. The van der Waals surface area contributed by atoms with Gasteiger partial charge in [0.05, 0.1) is 28.9 Å². The number of ether oxygens (including phenoxy) is 2. The molecule has 0 spiro atoms. The summed E-state index contributed by atoms with van der Waals surface area (Å²) in [6, 6.07) is 8.20. The maximum absolute atomic E-state index is 11.9. The first-order valence-electron chi connectivity index (χ1n) is 8.04. The Morgan fingerprint density at radius 2 is 2.00 bits per heavy atom. The van der Waals surface area contributed by atoms with Crippen molar-refractivity contribution in [2.24, 2.45) is 5.14 Å². The van der Waals surface area contributed by atoms with Crippen LogP contribution in [0.25, 0.3) is 0 Å². The van der Waals surface area contributed by atoms with Crippen molar-refractivity contribution in [1.29, 1.82) is 0 Å². The molecule has 2 atom stereocenters. The van der Waals surface area contributed by atoms with Crippen LogP contribution < -0.4 is 5.14 Å². The van der Waals surface area contributed by atoms with E-state index in [0.717, 1.165) is 43.4 Å². The SMILES string of the molecule is CC(C)(C[C@H](CCC1OCCCO1)c1ccccc1Br)S(N)=O. The molecule has 1 aromatic rings. The van der Waals surface area contributed by atoms with Gasteiger partial charge in [0.15, 0.2) is 6.29 Å². The molecule has 1 fully saturated rings. The van der Waals surface area contributed by atoms with E-state index in [1.807, 2.05) is 32.0 Å². The highest BCUT2D eigenvalue weighted by atomic mass is 79.9. The first-order chi connectivity index (χ1) is 10.9. The minimum atomic E-state index is -1.36. The van der Waals surface area contributed by atoms with E-state index in [-0.39, 0.29) is 12.2 Å². The molecule has 1 unspecified atom stereocenters. The molecule has 130 valence electrons. The Kier molecular flexibility index (Phi) is 7.22. The molecular formula is C17H26BrNO3S. The van der Waals surface area contributed by atoms with Crippen molar-refractivity contribution in [1.82, 2.24) is 0 Å². The second-order valence-electron chi connectivity index (χ2n) is 6.58. The van der Waals surface area contributed by atoms with Gasteiger partial charge in [-0.3, -0.25) is 5.14 Å². The van der Waals surface area contributed by atoms with Gasteiger partial charge in [-0.05, 0) is 57.1 Å². The van der Waals surface area contributed by atoms with Crippen molar-refractivity contribution in [3.63, 3.8) is 0 Å². The maximum Gasteiger partial charge on any atom is 0.157 e. The second kappa shape index (κ2) is 8.72. The van der Waals surface area contributed by atoms with Crippen molar-refractivity contribution in [3.05, 3.63) is 34.3 Å². The molecule has 1 aliphatic heterocycles. The second-order valence-corrected chi connectivity index (χ2v) is 9.14. The first kappa shape index (κ1) is 19.1. The highest BCUT2D eigenvalue weighted by Crippen LogP contribution is 2.36. The van der Waals surface area contributed by atoms with Crippen LogP contribution in [0.1, 0.15) is 51.0 Å². The van der Waals surface area contributed by atoms with Gasteiger partial charge in [0.25, 0.3) is 0 Å². The van der Waals surface area contributed by atoms with Gasteiger partial charge in [0, 0.05) is 4.47 Å². The lowest BCUT2D eigenvalue weighted by atomic mass is 9.86. The fourth-order valence-corrected chi connectivity index (χ4v) is 3.86. The van der Waals surface area contributed by atoms with Crippen LogP contribution in [0, 0.1) is 0 Å². The predicted molar refractivity (Wildman–Crippen MR) is 97.5 cm³/mol. The van der Waals surface area contributed by atoms with E-state index in [1.54, 1.807) is 0 Å². The van der Waals surface area contributed by atoms with E-state index < -0.39 is 15.7 Å². The quantitative estimate of drug-likeness (QED) is 0.751. The summed E-state index contributed by atoms with van der Waals surface area (Å²) in [5, 5.41) is 5.68. The van der Waals surface area contributed by atoms with E-state index in [9.17, 15) is 4.21 Å². The molecule has 4 nitrogen and oxygen atoms in total. The molecule has 0 saturated carbocycles. The molecule has 6 heteroatoms. The van der Waals surface area contributed by atoms with Gasteiger partial charge >= 0.3 is 0 Å². The van der Waals surface area contributed by atoms with Crippen LogP contribution in [-0.4, -0.2) is 28.5 Å². The molecule has 0 aliphatic carbocycles. The fourth-order valence-electron chi connectivity index (χ4n) is 2.89. The lowest BCUT2D eigenvalue weighted by Gasteiger charge is -2.30. The zero-order valence-corrected chi connectivity index (χ0v) is 16.2. The Morgan fingerprint density at radius 3 is 2.61 bits per heavy atom. The maximum atomic E-state index is 11.9. The van der Waals surface area contributed by atoms with E-state index >= 15 is 0 Å². The standard InChI is InChI=1S/C17H26BrNO3S/c1-17(2,23(19)20)12-13(14-6-3-4-7-15(14)18)8-9-16-21-10-5-11-22-16/h3-4,6-7,13,16H,5,8-12,19H2,1-2H3/t13-,23?/m0/s1. The first-order valence-corrected chi connectivity index (χ1v) is 10.0. The number of benzene rings is 1. The van der Waals surface area contributed by atoms with Crippen molar-refractivity contribution in [3.8, 4) is 0 Å². The minimum Gasteiger partial charge on any atom is -0.353 e. The highest BCUT2D eigenvalue weighted by Gasteiger charge is 2.30. The van der Waals surface area contributed by atoms with Gasteiger partial charge < -0.3 is 9.47 Å². The van der Waals surface area contributed by atoms with Crippen molar-refractivity contribution in [2.45, 2.75) is 56.5 Å². The minimum absolute atomic E-state index is 0.125. The van der Waals surface area contributed by atoms with Gasteiger partial charge in [-0.2, -0.15) is 0 Å². The number of rotatable bonds is 7. The Morgan fingerprint density at radius 1 is 1.35 bits per heavy atom. The van der Waals surface area contributed by atoms with Gasteiger partial charge in [0.1, 0.15) is 0 Å². The molecule has 0 aromatic heterocycles. The summed E-state index contributed by atoms with van der Waals surface area (Å²) in [4.78, 5) is 0. The van der Waals surface area contributed by atoms with Crippen molar-refractivity contribution in [2.75, 3.05) is 13.2 Å². The lowest BCUT2D eigenvalue weighted by Crippen LogP contribution is -2.34. The Labute approximate surface area is 149 Å². The van der Waals surface area contributed by atoms with Crippen LogP contribution in [0.15, 0.2) is 28.7 Å². The van der Waals surface area contributed by atoms with Crippen LogP contribution in [-0.2, 0) is 20.5 Å². The van der Waals surface area contributed by atoms with Gasteiger partial charge in [0.2, 0.25) is 0 Å². The van der Waals surface area contributed by atoms with Crippen molar-refractivity contribution >= 4 is 26.9 Å². The van der Waals surface area contributed by atoms with Crippen LogP contribution in [0.5, 0.6) is 0 Å². The Bertz CT molecular complexity index is 532. The highest BCUT2D eigenvalue weighted by molar-refractivity contribution is 9.10. The summed E-state index contributed by atoms with van der Waals surface area (Å²) < 4.78 is 23.8. The summed E-state index contributed by atoms with van der Waals surface area (Å²) >= 11 is 3.64.